The molecule has 0 spiro atoms. The number of carbonyl (C=O) groups is 1. The maximum absolute atomic E-state index is 13.1. The van der Waals surface area contributed by atoms with Gasteiger partial charge < -0.3 is 120 Å². The largest absolute Gasteiger partial charge is 0.479 e. The smallest absolute Gasteiger partial charge is 0.335 e. The van der Waals surface area contributed by atoms with Crippen molar-refractivity contribution in [1.82, 2.24) is 0 Å². The van der Waals surface area contributed by atoms with Gasteiger partial charge in [0.15, 0.2) is 31.3 Å². The lowest BCUT2D eigenvalue weighted by Crippen LogP contribution is -2.74. The summed E-state index contributed by atoms with van der Waals surface area (Å²) >= 11 is 0. The van der Waals surface area contributed by atoms with E-state index in [1.807, 2.05) is 20.8 Å². The minimum atomic E-state index is -2.27. The molecule has 0 aromatic heterocycles. The molecule has 0 amide bonds. The summed E-state index contributed by atoms with van der Waals surface area (Å²) in [5, 5.41) is 178. The maximum atomic E-state index is 13.1. The van der Waals surface area contributed by atoms with E-state index in [-0.39, 0.29) is 17.3 Å². The molecule has 9 aliphatic rings. The van der Waals surface area contributed by atoms with Gasteiger partial charge in [-0.3, -0.25) is 0 Å². The molecule has 4 heterocycles. The highest BCUT2D eigenvalue weighted by Crippen LogP contribution is 2.76. The SMILES string of the molecule is C[C@@H]1O[C@@H](O[C@H]2[C@H](O[C@H]3[C@H](O)[C@@H](C(=O)O)O[C@@H](O[C@H]4CC[C@]5(C)[C@H]6CC=C7[C@@H]8CC(C)(C)C[C@H](O)[C@]8(CO)[C@H](O)[C@H](O)[C@@]7(C)[C@]6(C)CC[C@H]5C4(C)C)[C@@H]3OC3OC(CO)C(O)C(O)C3O)O[C@H](CO)[C@H](O)[C@@H]2O)[C@H](O)[C@H](O)[C@H]1O. The molecule has 0 bridgehead atoms. The first-order valence-electron chi connectivity index (χ1n) is 28.0. The number of aliphatic carboxylic acids is 1. The van der Waals surface area contributed by atoms with Crippen LogP contribution in [0.2, 0.25) is 0 Å². The van der Waals surface area contributed by atoms with Crippen LogP contribution in [0.25, 0.3) is 0 Å². The van der Waals surface area contributed by atoms with Crippen LogP contribution in [0.5, 0.6) is 0 Å². The Hall–Kier alpha value is -1.71. The van der Waals surface area contributed by atoms with Crippen molar-refractivity contribution in [1.29, 1.82) is 0 Å². The van der Waals surface area contributed by atoms with E-state index in [0.717, 1.165) is 5.57 Å². The zero-order chi connectivity index (χ0) is 58.2. The third-order valence-corrected chi connectivity index (χ3v) is 21.6. The predicted octanol–water partition coefficient (Wildman–Crippen LogP) is -3.53. The number of aliphatic hydroxyl groups excluding tert-OH is 15. The molecule has 31 atom stereocenters. The van der Waals surface area contributed by atoms with Crippen molar-refractivity contribution < 1.29 is 124 Å². The summed E-state index contributed by atoms with van der Waals surface area (Å²) in [6, 6.07) is 0. The summed E-state index contributed by atoms with van der Waals surface area (Å²) in [6.45, 7) is 13.6. The van der Waals surface area contributed by atoms with Crippen LogP contribution in [0, 0.1) is 50.2 Å². The van der Waals surface area contributed by atoms with E-state index in [1.54, 1.807) is 0 Å². The highest BCUT2D eigenvalue weighted by Gasteiger charge is 2.74. The van der Waals surface area contributed by atoms with Crippen molar-refractivity contribution >= 4 is 5.97 Å². The second-order valence-electron chi connectivity index (χ2n) is 26.6. The highest BCUT2D eigenvalue weighted by molar-refractivity contribution is 5.73. The fourth-order valence-electron chi connectivity index (χ4n) is 16.9. The summed E-state index contributed by atoms with van der Waals surface area (Å²) < 4.78 is 48.9. The van der Waals surface area contributed by atoms with Crippen molar-refractivity contribution in [2.24, 2.45) is 50.2 Å². The molecule has 0 aromatic rings. The van der Waals surface area contributed by atoms with Gasteiger partial charge in [-0.25, -0.2) is 4.79 Å². The number of hydrogen-bond acceptors (Lipinski definition) is 24. The molecule has 79 heavy (non-hydrogen) atoms. The lowest BCUT2D eigenvalue weighted by molar-refractivity contribution is -0.406. The summed E-state index contributed by atoms with van der Waals surface area (Å²) in [6.07, 6.45) is -36.8. The van der Waals surface area contributed by atoms with Crippen LogP contribution in [0.15, 0.2) is 11.6 Å². The fraction of sp³-hybridized carbons (Fsp3) is 0.944. The molecule has 4 saturated carbocycles. The van der Waals surface area contributed by atoms with Crippen LogP contribution in [-0.4, -0.2) is 255 Å². The molecule has 8 fully saturated rings. The second kappa shape index (κ2) is 22.0. The van der Waals surface area contributed by atoms with E-state index in [4.69, 9.17) is 37.9 Å². The lowest BCUT2D eigenvalue weighted by atomic mass is 9.32. The fourth-order valence-corrected chi connectivity index (χ4v) is 16.9. The maximum Gasteiger partial charge on any atom is 0.335 e. The Morgan fingerprint density at radius 3 is 1.75 bits per heavy atom. The van der Waals surface area contributed by atoms with Gasteiger partial charge in [0.05, 0.1) is 55.8 Å². The molecule has 5 aliphatic carbocycles. The predicted molar refractivity (Wildman–Crippen MR) is 266 cm³/mol. The van der Waals surface area contributed by atoms with Gasteiger partial charge >= 0.3 is 5.97 Å². The van der Waals surface area contributed by atoms with Crippen molar-refractivity contribution in [3.63, 3.8) is 0 Å². The number of ether oxygens (including phenoxy) is 8. The minimum Gasteiger partial charge on any atom is -0.479 e. The monoisotopic (exact) mass is 1140 g/mol. The molecular formula is C54H88O25. The van der Waals surface area contributed by atoms with Gasteiger partial charge in [-0.1, -0.05) is 60.1 Å². The van der Waals surface area contributed by atoms with Crippen LogP contribution in [0.1, 0.15) is 100 Å². The first-order valence-corrected chi connectivity index (χ1v) is 28.0. The van der Waals surface area contributed by atoms with E-state index < -0.39 is 206 Å². The van der Waals surface area contributed by atoms with Crippen molar-refractivity contribution in [2.45, 2.75) is 248 Å². The number of rotatable bonds is 12. The Bertz CT molecular complexity index is 2200. The molecule has 25 nitrogen and oxygen atoms in total. The van der Waals surface area contributed by atoms with E-state index in [1.165, 1.54) is 6.92 Å². The van der Waals surface area contributed by atoms with E-state index in [2.05, 4.69) is 33.8 Å². The van der Waals surface area contributed by atoms with Crippen molar-refractivity contribution in [3.8, 4) is 0 Å². The molecule has 4 saturated heterocycles. The third kappa shape index (κ3) is 9.61. The molecule has 0 aromatic carbocycles. The molecule has 16 N–H and O–H groups in total. The summed E-state index contributed by atoms with van der Waals surface area (Å²) in [7, 11) is 0. The van der Waals surface area contributed by atoms with Crippen LogP contribution in [-0.2, 0) is 42.7 Å². The van der Waals surface area contributed by atoms with Crippen molar-refractivity contribution in [2.75, 3.05) is 19.8 Å². The van der Waals surface area contributed by atoms with E-state index in [0.29, 0.717) is 44.9 Å². The number of carboxylic acids is 1. The van der Waals surface area contributed by atoms with Gasteiger partial charge in [0, 0.05) is 5.41 Å². The van der Waals surface area contributed by atoms with E-state index >= 15 is 0 Å². The number of aliphatic hydroxyl groups is 15. The number of hydrogen-bond donors (Lipinski definition) is 16. The Balaban J connectivity index is 1.06. The Morgan fingerprint density at radius 2 is 1.14 bits per heavy atom. The topological polar surface area (TPSA) is 415 Å². The number of fused-ring (bicyclic) bond motifs is 7. The average molecular weight is 1140 g/mol. The van der Waals surface area contributed by atoms with Gasteiger partial charge in [0.1, 0.15) is 85.5 Å². The Labute approximate surface area is 458 Å². The van der Waals surface area contributed by atoms with Gasteiger partial charge in [0.25, 0.3) is 0 Å². The number of carboxylic acid groups (broad SMARTS) is 1. The van der Waals surface area contributed by atoms with E-state index in [9.17, 15) is 86.5 Å². The summed E-state index contributed by atoms with van der Waals surface area (Å²) in [4.78, 5) is 13.1. The van der Waals surface area contributed by atoms with Gasteiger partial charge in [0.2, 0.25) is 0 Å². The van der Waals surface area contributed by atoms with Crippen LogP contribution >= 0.6 is 0 Å². The zero-order valence-corrected chi connectivity index (χ0v) is 46.1. The molecule has 5 unspecified atom stereocenters. The molecule has 9 rings (SSSR count). The van der Waals surface area contributed by atoms with Gasteiger partial charge in [-0.2, -0.15) is 0 Å². The van der Waals surface area contributed by atoms with Crippen LogP contribution in [0.3, 0.4) is 0 Å². The van der Waals surface area contributed by atoms with Crippen molar-refractivity contribution in [3.05, 3.63) is 11.6 Å². The third-order valence-electron chi connectivity index (χ3n) is 21.6. The molecule has 4 aliphatic heterocycles. The first kappa shape index (κ1) is 61.8. The molecular weight excluding hydrogens is 1050 g/mol. The molecule has 454 valence electrons. The molecule has 0 radical (unpaired) electrons. The Kier molecular flexibility index (Phi) is 17.2. The van der Waals surface area contributed by atoms with Gasteiger partial charge in [-0.05, 0) is 91.3 Å². The average Bonchev–Trinajstić information content (AvgIpc) is 3.14. The van der Waals surface area contributed by atoms with Crippen LogP contribution < -0.4 is 0 Å². The minimum absolute atomic E-state index is 0.0887. The summed E-state index contributed by atoms with van der Waals surface area (Å²) in [5.41, 5.74) is -3.63. The molecule has 25 heteroatoms. The number of allylic oxidation sites excluding steroid dienone is 1. The quantitative estimate of drug-likeness (QED) is 0.0665. The zero-order valence-electron chi connectivity index (χ0n) is 46.1. The second-order valence-corrected chi connectivity index (χ2v) is 26.6. The van der Waals surface area contributed by atoms with Gasteiger partial charge in [-0.15, -0.1) is 0 Å². The normalized spacial score (nSPS) is 55.3. The highest BCUT2D eigenvalue weighted by atomic mass is 16.8. The standard InChI is InChI=1S/C54H88O25/c1-20-29(59)32(62)35(65)45(72-20)78-40-34(64)31(61)24(18-56)74-47(40)76-38-37(67)39(44(70)71)77-48(41(38)79-46-36(66)33(63)30(60)23(17-55)73-46)75-28-12-13-51(6)25(50(28,4)5)11-14-52(7)26(51)10-9-21-22-15-49(2,3)16-27(58)54(22,19-57)43(69)42(68)53(21,52)8/h9,20,22-43,45-48,55-69H,10-19H2,1-8H3,(H,70,71)/t20-,22-,23?,24+,25-,26+,27-,28-,29-,30?,31-,32+,33?,34-,35+,36?,37-,38-,39-,40+,41+,42-,43+,45-,46?,47-,48+,51-,52+,53-,54+/m0/s1. The lowest BCUT2D eigenvalue weighted by Gasteiger charge is -2.73. The van der Waals surface area contributed by atoms with Crippen LogP contribution in [0.4, 0.5) is 0 Å². The first-order chi connectivity index (χ1) is 36.8. The summed E-state index contributed by atoms with van der Waals surface area (Å²) in [5.74, 6) is -2.37. The Morgan fingerprint density at radius 1 is 0.582 bits per heavy atom.